The first-order valence-corrected chi connectivity index (χ1v) is 8.44. The number of benzene rings is 1. The number of nitrogens with zero attached hydrogens (tertiary/aromatic N) is 1. The van der Waals surface area contributed by atoms with Crippen molar-refractivity contribution in [2.45, 2.75) is 31.7 Å². The van der Waals surface area contributed by atoms with Gasteiger partial charge in [0.15, 0.2) is 0 Å². The summed E-state index contributed by atoms with van der Waals surface area (Å²) in [7, 11) is 1.56. The third-order valence-corrected chi connectivity index (χ3v) is 5.04. The largest absolute Gasteiger partial charge is 0.501 e. The Bertz CT molecular complexity index is 769. The average molecular weight is 343 g/mol. The van der Waals surface area contributed by atoms with Crippen molar-refractivity contribution in [3.05, 3.63) is 59.1 Å². The van der Waals surface area contributed by atoms with Crippen LogP contribution in [0.2, 0.25) is 0 Å². The van der Waals surface area contributed by atoms with Gasteiger partial charge < -0.3 is 24.2 Å². The zero-order valence-electron chi connectivity index (χ0n) is 14.0. The molecule has 6 nitrogen and oxygen atoms in total. The van der Waals surface area contributed by atoms with Gasteiger partial charge in [-0.1, -0.05) is 30.3 Å². The van der Waals surface area contributed by atoms with Crippen molar-refractivity contribution in [3.8, 4) is 5.88 Å². The van der Waals surface area contributed by atoms with E-state index in [9.17, 15) is 10.2 Å². The van der Waals surface area contributed by atoms with Gasteiger partial charge in [0, 0.05) is 6.42 Å². The molecule has 4 atom stereocenters. The molecule has 132 valence electrons. The monoisotopic (exact) mass is 343 g/mol. The van der Waals surface area contributed by atoms with Crippen LogP contribution in [0.1, 0.15) is 29.4 Å². The maximum absolute atomic E-state index is 10.9. The first kappa shape index (κ1) is 16.2. The zero-order chi connectivity index (χ0) is 17.4. The van der Waals surface area contributed by atoms with Crippen molar-refractivity contribution in [1.82, 2.24) is 5.16 Å². The molecule has 1 aromatic carbocycles. The van der Waals surface area contributed by atoms with Crippen LogP contribution in [0.4, 0.5) is 0 Å². The Kier molecular flexibility index (Phi) is 4.23. The molecule has 4 rings (SSSR count). The van der Waals surface area contributed by atoms with Crippen LogP contribution in [0.3, 0.4) is 0 Å². The molecule has 25 heavy (non-hydrogen) atoms. The summed E-state index contributed by atoms with van der Waals surface area (Å²) in [6.45, 7) is 0.353. The van der Waals surface area contributed by atoms with E-state index >= 15 is 0 Å². The Morgan fingerprint density at radius 3 is 2.80 bits per heavy atom. The van der Waals surface area contributed by atoms with E-state index in [1.807, 2.05) is 30.3 Å². The molecule has 0 aliphatic heterocycles. The summed E-state index contributed by atoms with van der Waals surface area (Å²) < 4.78 is 16.6. The zero-order valence-corrected chi connectivity index (χ0v) is 14.0. The van der Waals surface area contributed by atoms with E-state index < -0.39 is 12.2 Å². The summed E-state index contributed by atoms with van der Waals surface area (Å²) >= 11 is 0. The smallest absolute Gasteiger partial charge is 0.260 e. The minimum Gasteiger partial charge on any atom is -0.501 e. The van der Waals surface area contributed by atoms with Crippen LogP contribution in [0, 0.1) is 11.8 Å². The van der Waals surface area contributed by atoms with Crippen LogP contribution in [-0.2, 0) is 17.8 Å². The highest BCUT2D eigenvalue weighted by molar-refractivity contribution is 5.37. The number of ether oxygens (including phenoxy) is 2. The maximum Gasteiger partial charge on any atom is 0.260 e. The first-order chi connectivity index (χ1) is 12.2. The van der Waals surface area contributed by atoms with Crippen LogP contribution in [0.5, 0.6) is 5.88 Å². The molecule has 2 aliphatic rings. The number of fused-ring (bicyclic) bond motifs is 2. The molecule has 2 aliphatic carbocycles. The SMILES string of the molecule is COC1=C[C@H](O)CC2Cc3onc(OCc4ccccc4)c3C(O)C12. The fourth-order valence-electron chi connectivity index (χ4n) is 3.89. The number of aromatic nitrogens is 1. The predicted molar refractivity (Wildman–Crippen MR) is 88.6 cm³/mol. The van der Waals surface area contributed by atoms with Crippen LogP contribution in [-0.4, -0.2) is 28.6 Å². The number of aliphatic hydroxyl groups excluding tert-OH is 2. The first-order valence-electron chi connectivity index (χ1n) is 8.44. The Morgan fingerprint density at radius 1 is 1.24 bits per heavy atom. The highest BCUT2D eigenvalue weighted by Crippen LogP contribution is 2.49. The summed E-state index contributed by atoms with van der Waals surface area (Å²) in [5.41, 5.74) is 1.61. The van der Waals surface area contributed by atoms with E-state index in [-0.39, 0.29) is 11.8 Å². The molecule has 0 amide bonds. The maximum atomic E-state index is 10.9. The Morgan fingerprint density at radius 2 is 2.04 bits per heavy atom. The molecule has 0 fully saturated rings. The van der Waals surface area contributed by atoms with Gasteiger partial charge in [0.25, 0.3) is 5.88 Å². The Balaban J connectivity index is 1.60. The third kappa shape index (κ3) is 2.92. The molecular formula is C19H21NO5. The van der Waals surface area contributed by atoms with Crippen molar-refractivity contribution < 1.29 is 24.2 Å². The molecule has 0 radical (unpaired) electrons. The summed E-state index contributed by atoms with van der Waals surface area (Å²) in [6, 6.07) is 9.76. The number of hydrogen-bond donors (Lipinski definition) is 2. The van der Waals surface area contributed by atoms with E-state index in [0.717, 1.165) is 5.56 Å². The van der Waals surface area contributed by atoms with E-state index in [1.165, 1.54) is 0 Å². The number of hydrogen-bond acceptors (Lipinski definition) is 6. The van der Waals surface area contributed by atoms with Crippen LogP contribution in [0.25, 0.3) is 0 Å². The van der Waals surface area contributed by atoms with Gasteiger partial charge in [-0.05, 0) is 29.1 Å². The lowest BCUT2D eigenvalue weighted by atomic mass is 9.70. The van der Waals surface area contributed by atoms with Gasteiger partial charge >= 0.3 is 0 Å². The van der Waals surface area contributed by atoms with Gasteiger partial charge in [-0.2, -0.15) is 0 Å². The van der Waals surface area contributed by atoms with Crippen molar-refractivity contribution in [2.75, 3.05) is 7.11 Å². The summed E-state index contributed by atoms with van der Waals surface area (Å²) in [6.07, 6.45) is 1.44. The summed E-state index contributed by atoms with van der Waals surface area (Å²) in [4.78, 5) is 0. The molecule has 0 spiro atoms. The number of rotatable bonds is 4. The van der Waals surface area contributed by atoms with Gasteiger partial charge in [0.1, 0.15) is 18.1 Å². The van der Waals surface area contributed by atoms with Gasteiger partial charge in [-0.3, -0.25) is 0 Å². The van der Waals surface area contributed by atoms with E-state index in [0.29, 0.717) is 42.4 Å². The highest BCUT2D eigenvalue weighted by atomic mass is 16.5. The lowest BCUT2D eigenvalue weighted by molar-refractivity contribution is 0.0115. The quantitative estimate of drug-likeness (QED) is 0.886. The third-order valence-electron chi connectivity index (χ3n) is 5.04. The minimum atomic E-state index is -0.829. The molecule has 1 aromatic heterocycles. The van der Waals surface area contributed by atoms with E-state index in [2.05, 4.69) is 5.16 Å². The summed E-state index contributed by atoms with van der Waals surface area (Å²) in [5.74, 6) is 1.39. The Hall–Kier alpha value is -2.31. The predicted octanol–water partition coefficient (Wildman–Crippen LogP) is 2.37. The lowest BCUT2D eigenvalue weighted by Crippen LogP contribution is -2.36. The molecule has 0 saturated carbocycles. The minimum absolute atomic E-state index is 0.0485. The molecular weight excluding hydrogens is 322 g/mol. The number of aliphatic hydroxyl groups is 2. The molecule has 2 aromatic rings. The molecule has 1 heterocycles. The molecule has 3 unspecified atom stereocenters. The highest BCUT2D eigenvalue weighted by Gasteiger charge is 2.46. The molecule has 0 bridgehead atoms. The van der Waals surface area contributed by atoms with E-state index in [4.69, 9.17) is 14.0 Å². The van der Waals surface area contributed by atoms with Crippen molar-refractivity contribution in [3.63, 3.8) is 0 Å². The second-order valence-electron chi connectivity index (χ2n) is 6.61. The summed E-state index contributed by atoms with van der Waals surface area (Å²) in [5, 5.41) is 24.9. The second kappa shape index (κ2) is 6.54. The fourth-order valence-corrected chi connectivity index (χ4v) is 3.89. The average Bonchev–Trinajstić information content (AvgIpc) is 3.03. The van der Waals surface area contributed by atoms with Crippen LogP contribution < -0.4 is 4.74 Å². The van der Waals surface area contributed by atoms with Crippen LogP contribution >= 0.6 is 0 Å². The van der Waals surface area contributed by atoms with Gasteiger partial charge in [0.2, 0.25) is 0 Å². The topological polar surface area (TPSA) is 85.0 Å². The van der Waals surface area contributed by atoms with Gasteiger partial charge in [-0.25, -0.2) is 0 Å². The molecule has 0 saturated heterocycles. The normalized spacial score (nSPS) is 27.9. The number of methoxy groups -OCH3 is 1. The van der Waals surface area contributed by atoms with Crippen LogP contribution in [0.15, 0.2) is 46.7 Å². The fraction of sp³-hybridized carbons (Fsp3) is 0.421. The Labute approximate surface area is 145 Å². The van der Waals surface area contributed by atoms with Crippen molar-refractivity contribution in [2.24, 2.45) is 11.8 Å². The lowest BCUT2D eigenvalue weighted by Gasteiger charge is -2.39. The van der Waals surface area contributed by atoms with Gasteiger partial charge in [-0.15, -0.1) is 0 Å². The van der Waals surface area contributed by atoms with Crippen molar-refractivity contribution >= 4 is 0 Å². The van der Waals surface area contributed by atoms with Crippen molar-refractivity contribution in [1.29, 1.82) is 0 Å². The standard InChI is InChI=1S/C19H21NO5/c1-23-14-9-13(21)7-12-8-15-17(18(22)16(12)14)19(20-25-15)24-10-11-5-3-2-4-6-11/h2-6,9,12-13,16,18,21-22H,7-8,10H2,1H3/t12?,13-,16?,18?/m1/s1. The van der Waals surface area contributed by atoms with E-state index in [1.54, 1.807) is 13.2 Å². The second-order valence-corrected chi connectivity index (χ2v) is 6.61. The molecule has 2 N–H and O–H groups in total. The molecule has 6 heteroatoms. The van der Waals surface area contributed by atoms with Gasteiger partial charge in [0.05, 0.1) is 30.8 Å².